The molecular weight excluding hydrogens is 184 g/mol. The Balaban J connectivity index is 2.24. The number of alkyl halides is 2. The highest BCUT2D eigenvalue weighted by Crippen LogP contribution is 2.45. The first-order valence-electron chi connectivity index (χ1n) is 4.82. The predicted molar refractivity (Wildman–Crippen MR) is 51.4 cm³/mol. The van der Waals surface area contributed by atoms with Crippen LogP contribution in [0.5, 0.6) is 0 Å². The van der Waals surface area contributed by atoms with Gasteiger partial charge in [-0.15, -0.1) is 0 Å². The molecule has 0 N–H and O–H groups in total. The summed E-state index contributed by atoms with van der Waals surface area (Å²) >= 11 is 0. The lowest BCUT2D eigenvalue weighted by Gasteiger charge is -2.47. The average molecular weight is 197 g/mol. The second-order valence-corrected chi connectivity index (χ2v) is 3.64. The van der Waals surface area contributed by atoms with Crippen molar-refractivity contribution in [2.75, 3.05) is 13.1 Å². The Morgan fingerprint density at radius 2 is 2.00 bits per heavy atom. The Kier molecular flexibility index (Phi) is 2.27. The molecule has 14 heavy (non-hydrogen) atoms. The maximum absolute atomic E-state index is 13.3. The molecule has 1 aromatic carbocycles. The molecule has 0 bridgehead atoms. The zero-order valence-corrected chi connectivity index (χ0v) is 8.08. The molecule has 0 aliphatic carbocycles. The van der Waals surface area contributed by atoms with Crippen molar-refractivity contribution in [3.8, 4) is 0 Å². The molecule has 0 aromatic heterocycles. The lowest BCUT2D eigenvalue weighted by atomic mass is 9.91. The highest BCUT2D eigenvalue weighted by atomic mass is 19.3. The minimum absolute atomic E-state index is 0.108. The summed E-state index contributed by atoms with van der Waals surface area (Å²) in [6.45, 7) is 2.48. The van der Waals surface area contributed by atoms with Gasteiger partial charge in [-0.2, -0.15) is 0 Å². The summed E-state index contributed by atoms with van der Waals surface area (Å²) in [5, 5.41) is 0. The second kappa shape index (κ2) is 3.31. The molecule has 0 radical (unpaired) electrons. The summed E-state index contributed by atoms with van der Waals surface area (Å²) < 4.78 is 26.6. The number of hydrogen-bond acceptors (Lipinski definition) is 1. The van der Waals surface area contributed by atoms with Crippen LogP contribution in [0.4, 0.5) is 8.78 Å². The zero-order valence-electron chi connectivity index (χ0n) is 8.08. The van der Waals surface area contributed by atoms with Crippen molar-refractivity contribution in [1.82, 2.24) is 4.90 Å². The fourth-order valence-corrected chi connectivity index (χ4v) is 1.99. The van der Waals surface area contributed by atoms with Crippen LogP contribution in [0, 0.1) is 0 Å². The normalized spacial score (nSPS) is 25.8. The fraction of sp³-hybridized carbons (Fsp3) is 0.455. The Morgan fingerprint density at radius 3 is 2.50 bits per heavy atom. The van der Waals surface area contributed by atoms with Gasteiger partial charge in [-0.1, -0.05) is 37.3 Å². The maximum atomic E-state index is 13.3. The summed E-state index contributed by atoms with van der Waals surface area (Å²) in [4.78, 5) is 1.79. The van der Waals surface area contributed by atoms with E-state index in [0.29, 0.717) is 12.1 Å². The van der Waals surface area contributed by atoms with Gasteiger partial charge in [0.25, 0.3) is 5.92 Å². The summed E-state index contributed by atoms with van der Waals surface area (Å²) in [5.74, 6) is -2.56. The molecule has 1 aliphatic rings. The van der Waals surface area contributed by atoms with E-state index in [1.54, 1.807) is 29.2 Å². The standard InChI is InChI=1S/C11H13F2N/c1-2-14-8-11(12,13)10(14)9-6-4-3-5-7-9/h3-7,10H,2,8H2,1H3. The van der Waals surface area contributed by atoms with Crippen LogP contribution >= 0.6 is 0 Å². The lowest BCUT2D eigenvalue weighted by molar-refractivity contribution is -0.184. The van der Waals surface area contributed by atoms with Crippen molar-refractivity contribution in [3.05, 3.63) is 35.9 Å². The third-order valence-electron chi connectivity index (χ3n) is 2.70. The van der Waals surface area contributed by atoms with Gasteiger partial charge in [-0.25, -0.2) is 8.78 Å². The number of likely N-dealkylation sites (tertiary alicyclic amines) is 1. The Labute approximate surface area is 82.3 Å². The van der Waals surface area contributed by atoms with E-state index in [0.717, 1.165) is 0 Å². The summed E-state index contributed by atoms with van der Waals surface area (Å²) in [5.41, 5.74) is 0.714. The zero-order chi connectivity index (χ0) is 10.2. The van der Waals surface area contributed by atoms with Crippen LogP contribution in [0.2, 0.25) is 0 Å². The molecule has 0 amide bonds. The molecular formula is C11H13F2N. The van der Waals surface area contributed by atoms with E-state index in [1.165, 1.54) is 0 Å². The fourth-order valence-electron chi connectivity index (χ4n) is 1.99. The van der Waals surface area contributed by atoms with E-state index in [1.807, 2.05) is 13.0 Å². The monoisotopic (exact) mass is 197 g/mol. The quantitative estimate of drug-likeness (QED) is 0.704. The smallest absolute Gasteiger partial charge is 0.279 e. The van der Waals surface area contributed by atoms with Crippen molar-refractivity contribution >= 4 is 0 Å². The summed E-state index contributed by atoms with van der Waals surface area (Å²) in [6.07, 6.45) is 0. The first-order valence-corrected chi connectivity index (χ1v) is 4.82. The van der Waals surface area contributed by atoms with Gasteiger partial charge in [0, 0.05) is 0 Å². The van der Waals surface area contributed by atoms with Crippen molar-refractivity contribution in [2.45, 2.75) is 18.9 Å². The molecule has 1 nitrogen and oxygen atoms in total. The van der Waals surface area contributed by atoms with Gasteiger partial charge in [-0.05, 0) is 12.1 Å². The second-order valence-electron chi connectivity index (χ2n) is 3.64. The third kappa shape index (κ3) is 1.42. The number of benzene rings is 1. The van der Waals surface area contributed by atoms with E-state index >= 15 is 0 Å². The highest BCUT2D eigenvalue weighted by Gasteiger charge is 2.54. The van der Waals surface area contributed by atoms with Crippen molar-refractivity contribution < 1.29 is 8.78 Å². The SMILES string of the molecule is CCN1CC(F)(F)C1c1ccccc1. The van der Waals surface area contributed by atoms with Gasteiger partial charge < -0.3 is 0 Å². The van der Waals surface area contributed by atoms with Crippen LogP contribution < -0.4 is 0 Å². The molecule has 1 fully saturated rings. The third-order valence-corrected chi connectivity index (χ3v) is 2.70. The van der Waals surface area contributed by atoms with Crippen LogP contribution in [0.15, 0.2) is 30.3 Å². The van der Waals surface area contributed by atoms with Gasteiger partial charge in [0.15, 0.2) is 0 Å². The van der Waals surface area contributed by atoms with Crippen molar-refractivity contribution in [3.63, 3.8) is 0 Å². The van der Waals surface area contributed by atoms with Crippen LogP contribution in [0.25, 0.3) is 0 Å². The van der Waals surface area contributed by atoms with E-state index in [-0.39, 0.29) is 6.54 Å². The van der Waals surface area contributed by atoms with E-state index in [9.17, 15) is 8.78 Å². The van der Waals surface area contributed by atoms with Crippen molar-refractivity contribution in [2.24, 2.45) is 0 Å². The average Bonchev–Trinajstić information content (AvgIpc) is 2.16. The van der Waals surface area contributed by atoms with Crippen LogP contribution in [-0.2, 0) is 0 Å². The molecule has 76 valence electrons. The largest absolute Gasteiger partial charge is 0.285 e. The number of rotatable bonds is 2. The predicted octanol–water partition coefficient (Wildman–Crippen LogP) is 2.70. The van der Waals surface area contributed by atoms with E-state index < -0.39 is 12.0 Å². The van der Waals surface area contributed by atoms with E-state index in [2.05, 4.69) is 0 Å². The minimum Gasteiger partial charge on any atom is -0.285 e. The van der Waals surface area contributed by atoms with E-state index in [4.69, 9.17) is 0 Å². The van der Waals surface area contributed by atoms with Gasteiger partial charge in [0.1, 0.15) is 6.04 Å². The molecule has 3 heteroatoms. The lowest BCUT2D eigenvalue weighted by Crippen LogP contribution is -2.58. The van der Waals surface area contributed by atoms with Gasteiger partial charge in [0.2, 0.25) is 0 Å². The molecule has 1 heterocycles. The van der Waals surface area contributed by atoms with Gasteiger partial charge >= 0.3 is 0 Å². The first kappa shape index (κ1) is 9.59. The van der Waals surface area contributed by atoms with Crippen molar-refractivity contribution in [1.29, 1.82) is 0 Å². The van der Waals surface area contributed by atoms with Gasteiger partial charge in [0.05, 0.1) is 6.54 Å². The first-order chi connectivity index (χ1) is 6.65. The molecule has 2 rings (SSSR count). The number of halogens is 2. The van der Waals surface area contributed by atoms with Gasteiger partial charge in [-0.3, -0.25) is 4.90 Å². The maximum Gasteiger partial charge on any atom is 0.279 e. The molecule has 1 saturated heterocycles. The van der Waals surface area contributed by atoms with Crippen LogP contribution in [-0.4, -0.2) is 23.9 Å². The molecule has 1 unspecified atom stereocenters. The topological polar surface area (TPSA) is 3.24 Å². The minimum atomic E-state index is -2.56. The Bertz CT molecular complexity index is 310. The molecule has 1 aromatic rings. The highest BCUT2D eigenvalue weighted by molar-refractivity contribution is 5.24. The summed E-state index contributed by atoms with van der Waals surface area (Å²) in [7, 11) is 0. The number of hydrogen-bond donors (Lipinski definition) is 0. The molecule has 1 aliphatic heterocycles. The summed E-state index contributed by atoms with van der Waals surface area (Å²) in [6, 6.07) is 8.26. The Morgan fingerprint density at radius 1 is 1.36 bits per heavy atom. The molecule has 0 spiro atoms. The molecule has 0 saturated carbocycles. The molecule has 1 atom stereocenters. The number of nitrogens with zero attached hydrogens (tertiary/aromatic N) is 1. The Hall–Kier alpha value is -0.960. The van der Waals surface area contributed by atoms with Crippen LogP contribution in [0.3, 0.4) is 0 Å². The van der Waals surface area contributed by atoms with Crippen LogP contribution in [0.1, 0.15) is 18.5 Å².